The van der Waals surface area contributed by atoms with Gasteiger partial charge in [-0.2, -0.15) is 0 Å². The maximum Gasteiger partial charge on any atom is 0.119 e. The molecule has 2 rings (SSSR count). The van der Waals surface area contributed by atoms with Crippen molar-refractivity contribution in [3.63, 3.8) is 0 Å². The Morgan fingerprint density at radius 3 is 2.72 bits per heavy atom. The standard InChI is InChI=1S/C14H17N3O/c15-13-3-5-14(6-4-13)18-9-8-17-11-12-2-1-7-16-10-12/h1-7,10,17H,8-9,11,15H2. The van der Waals surface area contributed by atoms with Crippen molar-refractivity contribution in [1.29, 1.82) is 0 Å². The van der Waals surface area contributed by atoms with Gasteiger partial charge in [0.25, 0.3) is 0 Å². The molecule has 94 valence electrons. The summed E-state index contributed by atoms with van der Waals surface area (Å²) < 4.78 is 5.57. The smallest absolute Gasteiger partial charge is 0.119 e. The van der Waals surface area contributed by atoms with E-state index in [1.807, 2.05) is 42.6 Å². The van der Waals surface area contributed by atoms with Crippen LogP contribution in [0.5, 0.6) is 5.75 Å². The van der Waals surface area contributed by atoms with E-state index in [0.717, 1.165) is 24.5 Å². The van der Waals surface area contributed by atoms with Crippen molar-refractivity contribution >= 4 is 5.69 Å². The summed E-state index contributed by atoms with van der Waals surface area (Å²) >= 11 is 0. The SMILES string of the molecule is Nc1ccc(OCCNCc2cccnc2)cc1. The zero-order valence-electron chi connectivity index (χ0n) is 10.2. The minimum absolute atomic E-state index is 0.629. The third-order valence-corrected chi connectivity index (χ3v) is 2.48. The van der Waals surface area contributed by atoms with E-state index in [2.05, 4.69) is 10.3 Å². The maximum absolute atomic E-state index is 5.59. The second-order valence-electron chi connectivity index (χ2n) is 3.96. The van der Waals surface area contributed by atoms with Gasteiger partial charge in [0.15, 0.2) is 0 Å². The van der Waals surface area contributed by atoms with Crippen LogP contribution < -0.4 is 15.8 Å². The zero-order valence-corrected chi connectivity index (χ0v) is 10.2. The molecule has 18 heavy (non-hydrogen) atoms. The van der Waals surface area contributed by atoms with E-state index in [4.69, 9.17) is 10.5 Å². The minimum Gasteiger partial charge on any atom is -0.492 e. The summed E-state index contributed by atoms with van der Waals surface area (Å²) in [6.45, 7) is 2.22. The van der Waals surface area contributed by atoms with Gasteiger partial charge in [-0.05, 0) is 35.9 Å². The molecule has 1 heterocycles. The van der Waals surface area contributed by atoms with Crippen LogP contribution in [-0.4, -0.2) is 18.1 Å². The van der Waals surface area contributed by atoms with Crippen LogP contribution in [0.2, 0.25) is 0 Å². The lowest BCUT2D eigenvalue weighted by atomic mass is 10.3. The number of benzene rings is 1. The van der Waals surface area contributed by atoms with Gasteiger partial charge in [-0.25, -0.2) is 0 Å². The summed E-state index contributed by atoms with van der Waals surface area (Å²) in [6.07, 6.45) is 3.63. The van der Waals surface area contributed by atoms with E-state index in [1.54, 1.807) is 6.20 Å². The van der Waals surface area contributed by atoms with Gasteiger partial charge in [0, 0.05) is 31.2 Å². The first kappa shape index (κ1) is 12.4. The predicted octanol–water partition coefficient (Wildman–Crippen LogP) is 1.83. The van der Waals surface area contributed by atoms with Crippen molar-refractivity contribution in [3.8, 4) is 5.75 Å². The number of anilines is 1. The molecule has 0 saturated carbocycles. The van der Waals surface area contributed by atoms with Crippen LogP contribution in [0.3, 0.4) is 0 Å². The molecule has 0 amide bonds. The Kier molecular flexibility index (Phi) is 4.55. The molecular formula is C14H17N3O. The lowest BCUT2D eigenvalue weighted by molar-refractivity contribution is 0.313. The molecule has 3 N–H and O–H groups in total. The molecule has 1 aromatic heterocycles. The van der Waals surface area contributed by atoms with E-state index in [9.17, 15) is 0 Å². The number of pyridine rings is 1. The Labute approximate surface area is 107 Å². The average molecular weight is 243 g/mol. The predicted molar refractivity (Wildman–Crippen MR) is 72.3 cm³/mol. The summed E-state index contributed by atoms with van der Waals surface area (Å²) in [6, 6.07) is 11.4. The summed E-state index contributed by atoms with van der Waals surface area (Å²) in [5, 5.41) is 3.29. The van der Waals surface area contributed by atoms with Gasteiger partial charge in [0.1, 0.15) is 12.4 Å². The monoisotopic (exact) mass is 243 g/mol. The molecule has 0 unspecified atom stereocenters. The van der Waals surface area contributed by atoms with Crippen molar-refractivity contribution in [1.82, 2.24) is 10.3 Å². The maximum atomic E-state index is 5.59. The van der Waals surface area contributed by atoms with Gasteiger partial charge in [0.2, 0.25) is 0 Å². The molecule has 0 aliphatic heterocycles. The van der Waals surface area contributed by atoms with Crippen LogP contribution in [0, 0.1) is 0 Å². The fraction of sp³-hybridized carbons (Fsp3) is 0.214. The van der Waals surface area contributed by atoms with E-state index in [-0.39, 0.29) is 0 Å². The Balaban J connectivity index is 1.63. The second kappa shape index (κ2) is 6.61. The average Bonchev–Trinajstić information content (AvgIpc) is 2.42. The summed E-state index contributed by atoms with van der Waals surface area (Å²) in [5.41, 5.74) is 7.51. The van der Waals surface area contributed by atoms with Crippen LogP contribution in [0.15, 0.2) is 48.8 Å². The van der Waals surface area contributed by atoms with E-state index in [1.165, 1.54) is 5.56 Å². The Morgan fingerprint density at radius 1 is 1.17 bits per heavy atom. The molecule has 0 bridgehead atoms. The van der Waals surface area contributed by atoms with Gasteiger partial charge in [-0.1, -0.05) is 6.07 Å². The zero-order chi connectivity index (χ0) is 12.6. The van der Waals surface area contributed by atoms with E-state index >= 15 is 0 Å². The van der Waals surface area contributed by atoms with Crippen molar-refractivity contribution in [2.75, 3.05) is 18.9 Å². The highest BCUT2D eigenvalue weighted by Gasteiger charge is 1.94. The topological polar surface area (TPSA) is 60.2 Å². The summed E-state index contributed by atoms with van der Waals surface area (Å²) in [4.78, 5) is 4.06. The number of ether oxygens (including phenoxy) is 1. The molecule has 0 aliphatic rings. The fourth-order valence-electron chi connectivity index (χ4n) is 1.54. The van der Waals surface area contributed by atoms with Gasteiger partial charge < -0.3 is 15.8 Å². The third kappa shape index (κ3) is 4.07. The second-order valence-corrected chi connectivity index (χ2v) is 3.96. The van der Waals surface area contributed by atoms with Gasteiger partial charge in [0.05, 0.1) is 0 Å². The number of hydrogen-bond donors (Lipinski definition) is 2. The van der Waals surface area contributed by atoms with Gasteiger partial charge in [-0.3, -0.25) is 4.98 Å². The molecule has 0 radical (unpaired) electrons. The lowest BCUT2D eigenvalue weighted by Gasteiger charge is -2.07. The molecule has 0 aliphatic carbocycles. The van der Waals surface area contributed by atoms with Crippen LogP contribution in [-0.2, 0) is 6.54 Å². The summed E-state index contributed by atoms with van der Waals surface area (Å²) in [7, 11) is 0. The largest absolute Gasteiger partial charge is 0.492 e. The van der Waals surface area contributed by atoms with Gasteiger partial charge >= 0.3 is 0 Å². The van der Waals surface area contributed by atoms with Crippen molar-refractivity contribution < 1.29 is 4.74 Å². The molecular weight excluding hydrogens is 226 g/mol. The van der Waals surface area contributed by atoms with Crippen LogP contribution in [0.1, 0.15) is 5.56 Å². The number of rotatable bonds is 6. The Morgan fingerprint density at radius 2 is 2.00 bits per heavy atom. The number of nitrogen functional groups attached to an aromatic ring is 1. The fourth-order valence-corrected chi connectivity index (χ4v) is 1.54. The van der Waals surface area contributed by atoms with Crippen LogP contribution in [0.25, 0.3) is 0 Å². The van der Waals surface area contributed by atoms with Gasteiger partial charge in [-0.15, -0.1) is 0 Å². The number of nitrogens with two attached hydrogens (primary N) is 1. The Bertz CT molecular complexity index is 456. The quantitative estimate of drug-likeness (QED) is 0.600. The van der Waals surface area contributed by atoms with Crippen molar-refractivity contribution in [2.45, 2.75) is 6.54 Å². The molecule has 0 fully saturated rings. The number of nitrogens with one attached hydrogen (secondary N) is 1. The first-order valence-electron chi connectivity index (χ1n) is 5.92. The molecule has 2 aromatic rings. The van der Waals surface area contributed by atoms with E-state index < -0.39 is 0 Å². The van der Waals surface area contributed by atoms with Crippen LogP contribution >= 0.6 is 0 Å². The summed E-state index contributed by atoms with van der Waals surface area (Å²) in [5.74, 6) is 0.840. The van der Waals surface area contributed by atoms with Crippen LogP contribution in [0.4, 0.5) is 5.69 Å². The van der Waals surface area contributed by atoms with Crippen molar-refractivity contribution in [2.24, 2.45) is 0 Å². The molecule has 1 aromatic carbocycles. The highest BCUT2D eigenvalue weighted by molar-refractivity contribution is 5.41. The third-order valence-electron chi connectivity index (χ3n) is 2.48. The van der Waals surface area contributed by atoms with Crippen molar-refractivity contribution in [3.05, 3.63) is 54.4 Å². The Hall–Kier alpha value is -2.07. The molecule has 4 nitrogen and oxygen atoms in total. The molecule has 0 atom stereocenters. The molecule has 4 heteroatoms. The number of nitrogens with zero attached hydrogens (tertiary/aromatic N) is 1. The normalized spacial score (nSPS) is 10.2. The van der Waals surface area contributed by atoms with E-state index in [0.29, 0.717) is 6.61 Å². The first-order valence-corrected chi connectivity index (χ1v) is 5.92. The molecule has 0 saturated heterocycles. The minimum atomic E-state index is 0.629. The number of hydrogen-bond acceptors (Lipinski definition) is 4. The molecule has 0 spiro atoms. The highest BCUT2D eigenvalue weighted by Crippen LogP contribution is 2.12. The lowest BCUT2D eigenvalue weighted by Crippen LogP contribution is -2.20. The number of aromatic nitrogens is 1. The first-order chi connectivity index (χ1) is 8.84. The highest BCUT2D eigenvalue weighted by atomic mass is 16.5.